The molecule has 0 aromatic carbocycles. The van der Waals surface area contributed by atoms with E-state index in [0.29, 0.717) is 12.0 Å². The fraction of sp³-hybridized carbons (Fsp3) is 0.636. The van der Waals surface area contributed by atoms with Crippen LogP contribution >= 0.6 is 27.7 Å². The highest BCUT2D eigenvalue weighted by molar-refractivity contribution is 9.10. The Bertz CT molecular complexity index is 348. The van der Waals surface area contributed by atoms with Gasteiger partial charge in [-0.2, -0.15) is 16.7 Å². The Labute approximate surface area is 116 Å². The zero-order valence-corrected chi connectivity index (χ0v) is 12.9. The van der Waals surface area contributed by atoms with Crippen molar-refractivity contribution in [2.45, 2.75) is 26.3 Å². The Kier molecular flexibility index (Phi) is 6.65. The molecule has 1 unspecified atom stereocenters. The van der Waals surface area contributed by atoms with E-state index in [9.17, 15) is 0 Å². The molecule has 96 valence electrons. The third-order valence-corrected chi connectivity index (χ3v) is 3.44. The topological polar surface area (TPSA) is 49.8 Å². The van der Waals surface area contributed by atoms with Crippen LogP contribution in [0.5, 0.6) is 0 Å². The Hall–Kier alpha value is -0.490. The molecule has 1 rings (SSSR count). The van der Waals surface area contributed by atoms with Crippen LogP contribution < -0.4 is 10.6 Å². The van der Waals surface area contributed by atoms with E-state index in [0.717, 1.165) is 29.0 Å². The first-order valence-electron chi connectivity index (χ1n) is 5.69. The highest BCUT2D eigenvalue weighted by Crippen LogP contribution is 2.21. The van der Waals surface area contributed by atoms with Crippen LogP contribution in [-0.2, 0) is 0 Å². The number of hydrogen-bond acceptors (Lipinski definition) is 5. The van der Waals surface area contributed by atoms with Crippen molar-refractivity contribution in [3.05, 3.63) is 10.7 Å². The summed E-state index contributed by atoms with van der Waals surface area (Å²) < 4.78 is 0.898. The Morgan fingerprint density at radius 1 is 1.53 bits per heavy atom. The normalized spacial score (nSPS) is 12.2. The predicted octanol–water partition coefficient (Wildman–Crippen LogP) is 3.22. The highest BCUT2D eigenvalue weighted by Gasteiger charge is 2.08. The maximum absolute atomic E-state index is 4.42. The van der Waals surface area contributed by atoms with Crippen LogP contribution in [0.4, 0.5) is 11.8 Å². The lowest BCUT2D eigenvalue weighted by Crippen LogP contribution is -2.18. The van der Waals surface area contributed by atoms with Crippen LogP contribution in [0.25, 0.3) is 0 Å². The van der Waals surface area contributed by atoms with Gasteiger partial charge in [0.15, 0.2) is 0 Å². The third-order valence-electron chi connectivity index (χ3n) is 2.22. The first-order chi connectivity index (χ1) is 8.17. The summed E-state index contributed by atoms with van der Waals surface area (Å²) in [5, 5.41) is 6.50. The molecule has 0 aliphatic heterocycles. The van der Waals surface area contributed by atoms with Gasteiger partial charge < -0.3 is 10.6 Å². The van der Waals surface area contributed by atoms with Crippen molar-refractivity contribution in [3.63, 3.8) is 0 Å². The Morgan fingerprint density at radius 3 is 2.94 bits per heavy atom. The second-order valence-electron chi connectivity index (χ2n) is 3.75. The van der Waals surface area contributed by atoms with Gasteiger partial charge in [0.05, 0.1) is 4.47 Å². The quantitative estimate of drug-likeness (QED) is 0.808. The van der Waals surface area contributed by atoms with Crippen molar-refractivity contribution in [2.24, 2.45) is 0 Å². The van der Waals surface area contributed by atoms with Crippen molar-refractivity contribution in [1.29, 1.82) is 0 Å². The summed E-state index contributed by atoms with van der Waals surface area (Å²) in [4.78, 5) is 8.61. The number of thioether (sulfide) groups is 1. The van der Waals surface area contributed by atoms with Gasteiger partial charge in [0.2, 0.25) is 5.95 Å². The van der Waals surface area contributed by atoms with Gasteiger partial charge in [-0.15, -0.1) is 0 Å². The van der Waals surface area contributed by atoms with Crippen LogP contribution in [0, 0.1) is 0 Å². The molecule has 4 nitrogen and oxygen atoms in total. The molecule has 1 atom stereocenters. The van der Waals surface area contributed by atoms with Gasteiger partial charge in [0.1, 0.15) is 5.82 Å². The average Bonchev–Trinajstić information content (AvgIpc) is 2.31. The van der Waals surface area contributed by atoms with Gasteiger partial charge in [0.25, 0.3) is 0 Å². The molecule has 1 heterocycles. The summed E-state index contributed by atoms with van der Waals surface area (Å²) in [7, 11) is 0. The van der Waals surface area contributed by atoms with Crippen LogP contribution in [0.3, 0.4) is 0 Å². The first kappa shape index (κ1) is 14.6. The molecule has 1 aromatic heterocycles. The lowest BCUT2D eigenvalue weighted by Gasteiger charge is -2.15. The maximum Gasteiger partial charge on any atom is 0.224 e. The molecule has 0 spiro atoms. The molecular formula is C11H19BrN4S. The molecule has 17 heavy (non-hydrogen) atoms. The molecule has 1 aromatic rings. The van der Waals surface area contributed by atoms with Crippen molar-refractivity contribution < 1.29 is 0 Å². The molecule has 0 radical (unpaired) electrons. The minimum atomic E-state index is 0.406. The van der Waals surface area contributed by atoms with Crippen LogP contribution in [0.1, 0.15) is 20.3 Å². The third kappa shape index (κ3) is 5.12. The predicted molar refractivity (Wildman–Crippen MR) is 80.0 cm³/mol. The minimum absolute atomic E-state index is 0.406. The Morgan fingerprint density at radius 2 is 2.29 bits per heavy atom. The van der Waals surface area contributed by atoms with Gasteiger partial charge in [-0.25, -0.2) is 4.98 Å². The monoisotopic (exact) mass is 318 g/mol. The largest absolute Gasteiger partial charge is 0.366 e. The first-order valence-corrected chi connectivity index (χ1v) is 7.88. The Balaban J connectivity index is 2.64. The van der Waals surface area contributed by atoms with Crippen molar-refractivity contribution in [1.82, 2.24) is 9.97 Å². The zero-order chi connectivity index (χ0) is 12.7. The van der Waals surface area contributed by atoms with Crippen molar-refractivity contribution >= 4 is 39.5 Å². The van der Waals surface area contributed by atoms with E-state index >= 15 is 0 Å². The molecule has 0 amide bonds. The number of halogens is 1. The van der Waals surface area contributed by atoms with Gasteiger partial charge in [-0.05, 0) is 48.2 Å². The molecule has 2 N–H and O–H groups in total. The van der Waals surface area contributed by atoms with Crippen molar-refractivity contribution in [3.8, 4) is 0 Å². The lowest BCUT2D eigenvalue weighted by atomic mass is 10.2. The fourth-order valence-corrected chi connectivity index (χ4v) is 2.21. The summed E-state index contributed by atoms with van der Waals surface area (Å²) in [5.74, 6) is 2.66. The number of hydrogen-bond donors (Lipinski definition) is 2. The molecule has 0 aliphatic carbocycles. The van der Waals surface area contributed by atoms with E-state index in [1.54, 1.807) is 6.20 Å². The standard InChI is InChI=1S/C11H19BrN4S/c1-4-13-11-14-7-9(12)10(16-11)15-8(2)5-6-17-3/h7-8H,4-6H2,1-3H3,(H2,13,14,15,16). The SMILES string of the molecule is CCNc1ncc(Br)c(NC(C)CCSC)n1. The van der Waals surface area contributed by atoms with Crippen molar-refractivity contribution in [2.75, 3.05) is 29.2 Å². The van der Waals surface area contributed by atoms with E-state index in [1.807, 2.05) is 18.7 Å². The second-order valence-corrected chi connectivity index (χ2v) is 5.59. The number of rotatable bonds is 7. The average molecular weight is 319 g/mol. The van der Waals surface area contributed by atoms with Gasteiger partial charge in [0, 0.05) is 18.8 Å². The summed E-state index contributed by atoms with van der Waals surface area (Å²) in [5.41, 5.74) is 0. The molecule has 6 heteroatoms. The number of aromatic nitrogens is 2. The van der Waals surface area contributed by atoms with E-state index in [-0.39, 0.29) is 0 Å². The highest BCUT2D eigenvalue weighted by atomic mass is 79.9. The molecule has 0 saturated carbocycles. The second kappa shape index (κ2) is 7.76. The van der Waals surface area contributed by atoms with Crippen LogP contribution in [-0.4, -0.2) is 34.6 Å². The molecule has 0 saturated heterocycles. The van der Waals surface area contributed by atoms with Crippen LogP contribution in [0.2, 0.25) is 0 Å². The minimum Gasteiger partial charge on any atom is -0.366 e. The van der Waals surface area contributed by atoms with E-state index < -0.39 is 0 Å². The number of nitrogens with zero attached hydrogens (tertiary/aromatic N) is 2. The molecule has 0 aliphatic rings. The number of anilines is 2. The van der Waals surface area contributed by atoms with E-state index in [4.69, 9.17) is 0 Å². The summed E-state index contributed by atoms with van der Waals surface area (Å²) in [6.07, 6.45) is 5.01. The molecule has 0 bridgehead atoms. The molecular weight excluding hydrogens is 300 g/mol. The maximum atomic E-state index is 4.42. The van der Waals surface area contributed by atoms with Gasteiger partial charge in [-0.3, -0.25) is 0 Å². The zero-order valence-electron chi connectivity index (χ0n) is 10.5. The summed E-state index contributed by atoms with van der Waals surface area (Å²) in [6, 6.07) is 0.406. The smallest absolute Gasteiger partial charge is 0.224 e. The lowest BCUT2D eigenvalue weighted by molar-refractivity contribution is 0.765. The number of nitrogens with one attached hydrogen (secondary N) is 2. The summed E-state index contributed by atoms with van der Waals surface area (Å²) in [6.45, 7) is 5.01. The molecule has 0 fully saturated rings. The van der Waals surface area contributed by atoms with E-state index in [1.165, 1.54) is 0 Å². The van der Waals surface area contributed by atoms with Gasteiger partial charge >= 0.3 is 0 Å². The van der Waals surface area contributed by atoms with E-state index in [2.05, 4.69) is 49.7 Å². The van der Waals surface area contributed by atoms with Crippen LogP contribution in [0.15, 0.2) is 10.7 Å². The summed E-state index contributed by atoms with van der Waals surface area (Å²) >= 11 is 5.32. The van der Waals surface area contributed by atoms with Gasteiger partial charge in [-0.1, -0.05) is 0 Å². The fourth-order valence-electron chi connectivity index (χ4n) is 1.31.